The molecule has 90 valence electrons. The molecular weight excluding hydrogens is 212 g/mol. The molecule has 1 aliphatic rings. The minimum atomic E-state index is -0.0855. The molecule has 0 amide bonds. The Morgan fingerprint density at radius 2 is 2.06 bits per heavy atom. The summed E-state index contributed by atoms with van der Waals surface area (Å²) in [6, 6.07) is 5.88. The highest BCUT2D eigenvalue weighted by atomic mass is 16.1. The first-order valence-corrected chi connectivity index (χ1v) is 6.21. The molecule has 0 radical (unpaired) electrons. The van der Waals surface area contributed by atoms with Crippen LogP contribution in [0.2, 0.25) is 0 Å². The maximum Gasteiger partial charge on any atom is 0.166 e. The molecule has 0 heterocycles. The molecule has 1 fully saturated rings. The van der Waals surface area contributed by atoms with Crippen molar-refractivity contribution in [2.24, 2.45) is 5.92 Å². The minimum absolute atomic E-state index is 0.0855. The summed E-state index contributed by atoms with van der Waals surface area (Å²) < 4.78 is 0. The van der Waals surface area contributed by atoms with Crippen molar-refractivity contribution in [3.8, 4) is 0 Å². The highest BCUT2D eigenvalue weighted by Gasteiger charge is 2.27. The van der Waals surface area contributed by atoms with Gasteiger partial charge in [0.25, 0.3) is 0 Å². The van der Waals surface area contributed by atoms with E-state index < -0.39 is 0 Å². The van der Waals surface area contributed by atoms with Gasteiger partial charge < -0.3 is 0 Å². The number of aryl methyl sites for hydroxylation is 2. The van der Waals surface area contributed by atoms with Crippen LogP contribution < -0.4 is 0 Å². The molecule has 0 N–H and O–H groups in total. The summed E-state index contributed by atoms with van der Waals surface area (Å²) in [6.45, 7) is 3.98. The smallest absolute Gasteiger partial charge is 0.166 e. The van der Waals surface area contributed by atoms with Crippen LogP contribution in [0.4, 0.5) is 0 Å². The maximum atomic E-state index is 12.3. The van der Waals surface area contributed by atoms with Gasteiger partial charge in [0.15, 0.2) is 5.78 Å². The molecule has 0 aliphatic heterocycles. The van der Waals surface area contributed by atoms with Gasteiger partial charge in [-0.05, 0) is 32.3 Å². The largest absolute Gasteiger partial charge is 0.300 e. The summed E-state index contributed by atoms with van der Waals surface area (Å²) >= 11 is 0. The Morgan fingerprint density at radius 3 is 2.71 bits per heavy atom. The summed E-state index contributed by atoms with van der Waals surface area (Å²) in [4.78, 5) is 23.7. The topological polar surface area (TPSA) is 34.1 Å². The Labute approximate surface area is 102 Å². The second-order valence-corrected chi connectivity index (χ2v) is 5.01. The normalized spacial score (nSPS) is 20.4. The lowest BCUT2D eigenvalue weighted by Gasteiger charge is -2.20. The third-order valence-corrected chi connectivity index (χ3v) is 3.50. The zero-order valence-electron chi connectivity index (χ0n) is 10.5. The predicted molar refractivity (Wildman–Crippen MR) is 67.2 cm³/mol. The molecule has 1 aromatic carbocycles. The molecule has 2 nitrogen and oxygen atoms in total. The van der Waals surface area contributed by atoms with Crippen molar-refractivity contribution < 1.29 is 9.59 Å². The standard InChI is InChI=1S/C15H18O2/c1-10-6-7-14(11(2)8-10)15(17)12-4-3-5-13(16)9-12/h6-8,12H,3-5,9H2,1-2H3. The number of hydrogen-bond donors (Lipinski definition) is 0. The van der Waals surface area contributed by atoms with Crippen LogP contribution in [0.3, 0.4) is 0 Å². The number of hydrogen-bond acceptors (Lipinski definition) is 2. The molecule has 0 aromatic heterocycles. The number of rotatable bonds is 2. The second kappa shape index (κ2) is 4.82. The molecule has 2 heteroatoms. The van der Waals surface area contributed by atoms with Crippen molar-refractivity contribution in [2.45, 2.75) is 39.5 Å². The second-order valence-electron chi connectivity index (χ2n) is 5.01. The highest BCUT2D eigenvalue weighted by Crippen LogP contribution is 2.26. The molecule has 0 bridgehead atoms. The molecule has 1 atom stereocenters. The van der Waals surface area contributed by atoms with Gasteiger partial charge in [-0.3, -0.25) is 9.59 Å². The van der Waals surface area contributed by atoms with Crippen LogP contribution in [-0.2, 0) is 4.79 Å². The number of ketones is 2. The van der Waals surface area contributed by atoms with Crippen LogP contribution in [0.15, 0.2) is 18.2 Å². The summed E-state index contributed by atoms with van der Waals surface area (Å²) in [6.07, 6.45) is 2.81. The van der Waals surface area contributed by atoms with E-state index in [9.17, 15) is 9.59 Å². The summed E-state index contributed by atoms with van der Waals surface area (Å²) in [7, 11) is 0. The van der Waals surface area contributed by atoms with Crippen molar-refractivity contribution in [3.63, 3.8) is 0 Å². The number of carbonyl (C=O) groups is 2. The van der Waals surface area contributed by atoms with E-state index in [1.54, 1.807) is 0 Å². The van der Waals surface area contributed by atoms with Gasteiger partial charge in [0.1, 0.15) is 5.78 Å². The van der Waals surface area contributed by atoms with Crippen LogP contribution in [0, 0.1) is 19.8 Å². The number of carbonyl (C=O) groups excluding carboxylic acids is 2. The first-order chi connectivity index (χ1) is 8.08. The zero-order valence-corrected chi connectivity index (χ0v) is 10.5. The average molecular weight is 230 g/mol. The van der Waals surface area contributed by atoms with Crippen molar-refractivity contribution >= 4 is 11.6 Å². The van der Waals surface area contributed by atoms with E-state index >= 15 is 0 Å². The van der Waals surface area contributed by atoms with Crippen LogP contribution in [-0.4, -0.2) is 11.6 Å². The predicted octanol–water partition coefficient (Wildman–Crippen LogP) is 3.25. The van der Waals surface area contributed by atoms with Gasteiger partial charge >= 0.3 is 0 Å². The number of benzene rings is 1. The fraction of sp³-hybridized carbons (Fsp3) is 0.467. The van der Waals surface area contributed by atoms with E-state index in [-0.39, 0.29) is 17.5 Å². The van der Waals surface area contributed by atoms with E-state index in [0.717, 1.165) is 24.0 Å². The molecular formula is C15H18O2. The lowest BCUT2D eigenvalue weighted by Crippen LogP contribution is -2.23. The molecule has 17 heavy (non-hydrogen) atoms. The summed E-state index contributed by atoms with van der Waals surface area (Å²) in [5, 5.41) is 0. The lowest BCUT2D eigenvalue weighted by molar-refractivity contribution is -0.121. The fourth-order valence-electron chi connectivity index (χ4n) is 2.56. The maximum absolute atomic E-state index is 12.3. The highest BCUT2D eigenvalue weighted by molar-refractivity contribution is 6.01. The molecule has 1 aromatic rings. The van der Waals surface area contributed by atoms with Crippen molar-refractivity contribution in [1.29, 1.82) is 0 Å². The quantitative estimate of drug-likeness (QED) is 0.731. The minimum Gasteiger partial charge on any atom is -0.300 e. The third kappa shape index (κ3) is 2.63. The molecule has 0 saturated heterocycles. The Kier molecular flexibility index (Phi) is 3.41. The van der Waals surface area contributed by atoms with E-state index in [0.29, 0.717) is 12.8 Å². The third-order valence-electron chi connectivity index (χ3n) is 3.50. The van der Waals surface area contributed by atoms with Crippen LogP contribution in [0.1, 0.15) is 47.2 Å². The van der Waals surface area contributed by atoms with Gasteiger partial charge in [0.05, 0.1) is 0 Å². The first-order valence-electron chi connectivity index (χ1n) is 6.21. The Morgan fingerprint density at radius 1 is 1.29 bits per heavy atom. The molecule has 2 rings (SSSR count). The molecule has 1 unspecified atom stereocenters. The van der Waals surface area contributed by atoms with Gasteiger partial charge in [-0.1, -0.05) is 23.8 Å². The van der Waals surface area contributed by atoms with Gasteiger partial charge in [0.2, 0.25) is 0 Å². The summed E-state index contributed by atoms with van der Waals surface area (Å²) in [5.74, 6) is 0.299. The SMILES string of the molecule is Cc1ccc(C(=O)C2CCCC(=O)C2)c(C)c1. The Hall–Kier alpha value is -1.44. The van der Waals surface area contributed by atoms with E-state index in [4.69, 9.17) is 0 Å². The van der Waals surface area contributed by atoms with Crippen molar-refractivity contribution in [2.75, 3.05) is 0 Å². The monoisotopic (exact) mass is 230 g/mol. The molecule has 1 aliphatic carbocycles. The van der Waals surface area contributed by atoms with Crippen molar-refractivity contribution in [3.05, 3.63) is 34.9 Å². The molecule has 1 saturated carbocycles. The number of Topliss-reactive ketones (excluding diaryl/α,β-unsaturated/α-hetero) is 2. The van der Waals surface area contributed by atoms with E-state index in [1.807, 2.05) is 32.0 Å². The zero-order chi connectivity index (χ0) is 12.4. The van der Waals surface area contributed by atoms with Crippen LogP contribution in [0.25, 0.3) is 0 Å². The van der Waals surface area contributed by atoms with Gasteiger partial charge in [-0.15, -0.1) is 0 Å². The van der Waals surface area contributed by atoms with Gasteiger partial charge in [-0.25, -0.2) is 0 Å². The van der Waals surface area contributed by atoms with Crippen molar-refractivity contribution in [1.82, 2.24) is 0 Å². The summed E-state index contributed by atoms with van der Waals surface area (Å²) in [5.41, 5.74) is 2.97. The van der Waals surface area contributed by atoms with Gasteiger partial charge in [-0.2, -0.15) is 0 Å². The Bertz CT molecular complexity index is 460. The van der Waals surface area contributed by atoms with E-state index in [2.05, 4.69) is 0 Å². The Balaban J connectivity index is 2.21. The first kappa shape index (κ1) is 12.0. The lowest BCUT2D eigenvalue weighted by atomic mass is 9.82. The fourth-order valence-corrected chi connectivity index (χ4v) is 2.56. The average Bonchev–Trinajstić information content (AvgIpc) is 2.28. The van der Waals surface area contributed by atoms with Crippen LogP contribution in [0.5, 0.6) is 0 Å². The van der Waals surface area contributed by atoms with Crippen LogP contribution >= 0.6 is 0 Å². The van der Waals surface area contributed by atoms with Gasteiger partial charge in [0, 0.05) is 24.3 Å². The van der Waals surface area contributed by atoms with E-state index in [1.165, 1.54) is 5.56 Å². The molecule has 0 spiro atoms.